The topological polar surface area (TPSA) is 43.1 Å². The number of benzene rings is 1. The number of Topliss-reactive ketones (excluding diaryl/α,β-unsaturated/α-hetero) is 1. The zero-order chi connectivity index (χ0) is 10.8. The van der Waals surface area contributed by atoms with Crippen LogP contribution in [0.15, 0.2) is 24.3 Å². The van der Waals surface area contributed by atoms with Crippen LogP contribution < -0.4 is 5.73 Å². The zero-order valence-electron chi connectivity index (χ0n) is 9.07. The summed E-state index contributed by atoms with van der Waals surface area (Å²) in [6.07, 6.45) is 2.46. The largest absolute Gasteiger partial charge is 0.324 e. The average Bonchev–Trinajstić information content (AvgIpc) is 2.65. The summed E-state index contributed by atoms with van der Waals surface area (Å²) in [5, 5.41) is 0. The lowest BCUT2D eigenvalue weighted by molar-refractivity contribution is -0.117. The highest BCUT2D eigenvalue weighted by molar-refractivity contribution is 5.81. The third-order valence-electron chi connectivity index (χ3n) is 3.15. The quantitative estimate of drug-likeness (QED) is 0.802. The van der Waals surface area contributed by atoms with Crippen molar-refractivity contribution in [2.75, 3.05) is 0 Å². The fourth-order valence-corrected chi connectivity index (χ4v) is 2.19. The lowest BCUT2D eigenvalue weighted by Gasteiger charge is -2.12. The Morgan fingerprint density at radius 1 is 1.47 bits per heavy atom. The first-order valence-corrected chi connectivity index (χ1v) is 5.54. The molecular weight excluding hydrogens is 186 g/mol. The fourth-order valence-electron chi connectivity index (χ4n) is 2.19. The van der Waals surface area contributed by atoms with Crippen molar-refractivity contribution in [1.29, 1.82) is 0 Å². The van der Waals surface area contributed by atoms with Crippen LogP contribution in [-0.2, 0) is 4.79 Å². The van der Waals surface area contributed by atoms with E-state index in [9.17, 15) is 4.79 Å². The van der Waals surface area contributed by atoms with Gasteiger partial charge < -0.3 is 5.73 Å². The Balaban J connectivity index is 2.21. The maximum atomic E-state index is 11.2. The van der Waals surface area contributed by atoms with Crippen molar-refractivity contribution in [2.24, 2.45) is 5.73 Å². The van der Waals surface area contributed by atoms with Crippen molar-refractivity contribution < 1.29 is 4.79 Å². The van der Waals surface area contributed by atoms with E-state index in [1.807, 2.05) is 19.1 Å². The number of ketones is 1. The molecular formula is C13H17NO. The van der Waals surface area contributed by atoms with Gasteiger partial charge in [0.1, 0.15) is 5.78 Å². The van der Waals surface area contributed by atoms with E-state index in [2.05, 4.69) is 12.1 Å². The van der Waals surface area contributed by atoms with Gasteiger partial charge in [-0.3, -0.25) is 4.79 Å². The first kappa shape index (κ1) is 10.4. The van der Waals surface area contributed by atoms with E-state index in [0.29, 0.717) is 18.1 Å². The second kappa shape index (κ2) is 4.15. The molecule has 2 rings (SSSR count). The number of rotatable bonds is 2. The molecule has 0 saturated heterocycles. The van der Waals surface area contributed by atoms with Gasteiger partial charge in [-0.15, -0.1) is 0 Å². The first-order valence-electron chi connectivity index (χ1n) is 5.54. The van der Waals surface area contributed by atoms with Gasteiger partial charge in [0.2, 0.25) is 0 Å². The molecule has 1 fully saturated rings. The predicted octanol–water partition coefficient (Wildman–Crippen LogP) is 2.54. The van der Waals surface area contributed by atoms with E-state index < -0.39 is 0 Å². The third-order valence-corrected chi connectivity index (χ3v) is 3.15. The highest BCUT2D eigenvalue weighted by Gasteiger charge is 2.23. The molecule has 0 amide bonds. The summed E-state index contributed by atoms with van der Waals surface area (Å²) in [7, 11) is 0. The van der Waals surface area contributed by atoms with Gasteiger partial charge in [-0.2, -0.15) is 0 Å². The molecule has 0 radical (unpaired) electrons. The van der Waals surface area contributed by atoms with Crippen molar-refractivity contribution in [3.05, 3.63) is 35.4 Å². The molecule has 0 aromatic heterocycles. The van der Waals surface area contributed by atoms with Gasteiger partial charge in [-0.25, -0.2) is 0 Å². The van der Waals surface area contributed by atoms with Crippen molar-refractivity contribution in [3.63, 3.8) is 0 Å². The molecule has 1 aliphatic carbocycles. The third kappa shape index (κ3) is 2.26. The van der Waals surface area contributed by atoms with Crippen LogP contribution in [0.5, 0.6) is 0 Å². The molecule has 0 heterocycles. The van der Waals surface area contributed by atoms with Gasteiger partial charge in [0.15, 0.2) is 0 Å². The van der Waals surface area contributed by atoms with Crippen molar-refractivity contribution in [2.45, 2.75) is 38.1 Å². The number of carbonyl (C=O) groups excluding carboxylic acids is 1. The highest BCUT2D eigenvalue weighted by atomic mass is 16.1. The zero-order valence-corrected chi connectivity index (χ0v) is 9.07. The SMILES string of the molecule is CC(N)c1cccc(C2CCC(=O)C2)c1. The van der Waals surface area contributed by atoms with E-state index in [1.165, 1.54) is 5.56 Å². The summed E-state index contributed by atoms with van der Waals surface area (Å²) in [6, 6.07) is 8.41. The molecule has 2 unspecified atom stereocenters. The summed E-state index contributed by atoms with van der Waals surface area (Å²) in [5.74, 6) is 0.822. The molecule has 0 aliphatic heterocycles. The predicted molar refractivity (Wildman–Crippen MR) is 60.6 cm³/mol. The van der Waals surface area contributed by atoms with Crippen molar-refractivity contribution in [1.82, 2.24) is 0 Å². The maximum absolute atomic E-state index is 11.2. The van der Waals surface area contributed by atoms with Gasteiger partial charge in [-0.1, -0.05) is 24.3 Å². The molecule has 2 heteroatoms. The molecule has 1 aromatic carbocycles. The molecule has 15 heavy (non-hydrogen) atoms. The molecule has 2 nitrogen and oxygen atoms in total. The monoisotopic (exact) mass is 203 g/mol. The molecule has 0 bridgehead atoms. The Kier molecular flexibility index (Phi) is 2.87. The molecule has 2 atom stereocenters. The molecule has 2 N–H and O–H groups in total. The van der Waals surface area contributed by atoms with E-state index in [0.717, 1.165) is 18.4 Å². The summed E-state index contributed by atoms with van der Waals surface area (Å²) in [4.78, 5) is 11.2. The fraction of sp³-hybridized carbons (Fsp3) is 0.462. The van der Waals surface area contributed by atoms with Crippen molar-refractivity contribution in [3.8, 4) is 0 Å². The van der Waals surface area contributed by atoms with Crippen LogP contribution >= 0.6 is 0 Å². The Bertz CT molecular complexity index is 371. The van der Waals surface area contributed by atoms with Crippen LogP contribution in [0.25, 0.3) is 0 Å². The maximum Gasteiger partial charge on any atom is 0.133 e. The minimum absolute atomic E-state index is 0.0713. The van der Waals surface area contributed by atoms with E-state index in [-0.39, 0.29) is 6.04 Å². The number of carbonyl (C=O) groups is 1. The lowest BCUT2D eigenvalue weighted by Crippen LogP contribution is -2.06. The average molecular weight is 203 g/mol. The Labute approximate surface area is 90.5 Å². The highest BCUT2D eigenvalue weighted by Crippen LogP contribution is 2.32. The van der Waals surface area contributed by atoms with E-state index >= 15 is 0 Å². The Morgan fingerprint density at radius 3 is 2.87 bits per heavy atom. The van der Waals surface area contributed by atoms with Gasteiger partial charge in [-0.05, 0) is 30.4 Å². The van der Waals surface area contributed by atoms with Gasteiger partial charge in [0, 0.05) is 18.9 Å². The molecule has 1 aliphatic rings. The summed E-state index contributed by atoms with van der Waals surface area (Å²) in [5.41, 5.74) is 8.27. The molecule has 1 aromatic rings. The lowest BCUT2D eigenvalue weighted by atomic mass is 9.94. The van der Waals surface area contributed by atoms with Crippen LogP contribution in [0, 0.1) is 0 Å². The summed E-state index contributed by atoms with van der Waals surface area (Å²) < 4.78 is 0. The van der Waals surface area contributed by atoms with Gasteiger partial charge >= 0.3 is 0 Å². The smallest absolute Gasteiger partial charge is 0.133 e. The van der Waals surface area contributed by atoms with E-state index in [1.54, 1.807) is 0 Å². The second-order valence-corrected chi connectivity index (χ2v) is 4.44. The molecule has 0 spiro atoms. The molecule has 80 valence electrons. The minimum Gasteiger partial charge on any atom is -0.324 e. The summed E-state index contributed by atoms with van der Waals surface area (Å²) >= 11 is 0. The second-order valence-electron chi connectivity index (χ2n) is 4.44. The normalized spacial score (nSPS) is 23.1. The van der Waals surface area contributed by atoms with Crippen LogP contribution in [-0.4, -0.2) is 5.78 Å². The number of nitrogens with two attached hydrogens (primary N) is 1. The first-order chi connectivity index (χ1) is 7.16. The van der Waals surface area contributed by atoms with Gasteiger partial charge in [0.05, 0.1) is 0 Å². The number of hydrogen-bond donors (Lipinski definition) is 1. The Morgan fingerprint density at radius 2 is 2.27 bits per heavy atom. The van der Waals surface area contributed by atoms with Gasteiger partial charge in [0.25, 0.3) is 0 Å². The standard InChI is InChI=1S/C13H17NO/c1-9(14)10-3-2-4-11(7-10)12-5-6-13(15)8-12/h2-4,7,9,12H,5-6,8,14H2,1H3. The summed E-state index contributed by atoms with van der Waals surface area (Å²) in [6.45, 7) is 1.99. The van der Waals surface area contributed by atoms with Crippen LogP contribution in [0.4, 0.5) is 0 Å². The number of hydrogen-bond acceptors (Lipinski definition) is 2. The Hall–Kier alpha value is -1.15. The molecule has 1 saturated carbocycles. The van der Waals surface area contributed by atoms with Crippen LogP contribution in [0.2, 0.25) is 0 Å². The minimum atomic E-state index is 0.0713. The van der Waals surface area contributed by atoms with E-state index in [4.69, 9.17) is 5.73 Å². The van der Waals surface area contributed by atoms with Crippen LogP contribution in [0.1, 0.15) is 49.3 Å². The van der Waals surface area contributed by atoms with Crippen molar-refractivity contribution >= 4 is 5.78 Å². The van der Waals surface area contributed by atoms with Crippen LogP contribution in [0.3, 0.4) is 0 Å².